The molecule has 0 fully saturated rings. The van der Waals surface area contributed by atoms with Gasteiger partial charge < -0.3 is 5.21 Å². The largest absolute Gasteiger partial charge is 0.320 e. The van der Waals surface area contributed by atoms with Gasteiger partial charge in [0.15, 0.2) is 0 Å². The van der Waals surface area contributed by atoms with Crippen molar-refractivity contribution in [3.8, 4) is 0 Å². The van der Waals surface area contributed by atoms with E-state index in [1.165, 1.54) is 24.3 Å². The van der Waals surface area contributed by atoms with E-state index in [0.29, 0.717) is 15.6 Å². The molecule has 170 valence electrons. The Labute approximate surface area is 200 Å². The normalized spacial score (nSPS) is 10.6. The number of carbonyl (C=O) groups excluding carboxylic acids is 1. The SMILES string of the molecule is Cc1ccc(NNC(=O)c2cc(Cl)cc(Cl)c2)c(S(=O)(=O)Nc2ccccc2Cl)c1.NO. The Kier molecular flexibility index (Phi) is 9.14. The predicted molar refractivity (Wildman–Crippen MR) is 127 cm³/mol. The lowest BCUT2D eigenvalue weighted by Crippen LogP contribution is -2.30. The van der Waals surface area contributed by atoms with Crippen molar-refractivity contribution in [3.05, 3.63) is 86.9 Å². The van der Waals surface area contributed by atoms with E-state index >= 15 is 0 Å². The van der Waals surface area contributed by atoms with E-state index in [0.717, 1.165) is 0 Å². The van der Waals surface area contributed by atoms with E-state index in [2.05, 4.69) is 21.5 Å². The van der Waals surface area contributed by atoms with Crippen LogP contribution in [-0.2, 0) is 10.0 Å². The summed E-state index contributed by atoms with van der Waals surface area (Å²) in [4.78, 5) is 12.3. The zero-order chi connectivity index (χ0) is 23.9. The third-order valence-electron chi connectivity index (χ3n) is 3.98. The lowest BCUT2D eigenvalue weighted by Gasteiger charge is -2.16. The number of benzene rings is 3. The maximum Gasteiger partial charge on any atom is 0.269 e. The van der Waals surface area contributed by atoms with Crippen LogP contribution in [0.1, 0.15) is 15.9 Å². The van der Waals surface area contributed by atoms with Crippen molar-refractivity contribution in [2.45, 2.75) is 11.8 Å². The predicted octanol–water partition coefficient (Wildman–Crippen LogP) is 4.85. The minimum Gasteiger partial charge on any atom is -0.320 e. The first-order chi connectivity index (χ1) is 15.2. The highest BCUT2D eigenvalue weighted by molar-refractivity contribution is 7.93. The summed E-state index contributed by atoms with van der Waals surface area (Å²) in [6, 6.07) is 15.6. The molecule has 0 aliphatic carbocycles. The molecule has 32 heavy (non-hydrogen) atoms. The number of aryl methyl sites for hydroxylation is 1. The smallest absolute Gasteiger partial charge is 0.269 e. The highest BCUT2D eigenvalue weighted by Gasteiger charge is 2.21. The van der Waals surface area contributed by atoms with Crippen LogP contribution in [0, 0.1) is 6.92 Å². The first kappa shape index (κ1) is 25.7. The Morgan fingerprint density at radius 2 is 1.53 bits per heavy atom. The van der Waals surface area contributed by atoms with E-state index in [-0.39, 0.29) is 26.9 Å². The minimum atomic E-state index is -4.01. The van der Waals surface area contributed by atoms with Gasteiger partial charge in [0.2, 0.25) is 0 Å². The van der Waals surface area contributed by atoms with Crippen LogP contribution < -0.4 is 21.5 Å². The zero-order valence-electron chi connectivity index (χ0n) is 16.6. The molecule has 0 unspecified atom stereocenters. The van der Waals surface area contributed by atoms with Crippen LogP contribution in [0.3, 0.4) is 0 Å². The first-order valence-electron chi connectivity index (χ1n) is 8.82. The van der Waals surface area contributed by atoms with Crippen molar-refractivity contribution in [2.24, 2.45) is 5.90 Å². The molecule has 3 rings (SSSR count). The summed E-state index contributed by atoms with van der Waals surface area (Å²) in [6.45, 7) is 1.75. The summed E-state index contributed by atoms with van der Waals surface area (Å²) in [6.07, 6.45) is 0. The molecule has 3 aromatic carbocycles. The molecule has 0 aliphatic heterocycles. The molecule has 6 N–H and O–H groups in total. The molecule has 0 aliphatic rings. The number of carbonyl (C=O) groups is 1. The van der Waals surface area contributed by atoms with Gasteiger partial charge in [-0.3, -0.25) is 20.4 Å². The van der Waals surface area contributed by atoms with Crippen molar-refractivity contribution in [1.82, 2.24) is 5.43 Å². The molecular formula is C20H19Cl3N4O4S. The van der Waals surface area contributed by atoms with Crippen LogP contribution in [0.15, 0.2) is 65.6 Å². The van der Waals surface area contributed by atoms with Gasteiger partial charge in [0, 0.05) is 15.6 Å². The van der Waals surface area contributed by atoms with Gasteiger partial charge in [0.05, 0.1) is 16.4 Å². The van der Waals surface area contributed by atoms with Crippen LogP contribution in [0.5, 0.6) is 0 Å². The molecule has 0 bridgehead atoms. The third-order valence-corrected chi connectivity index (χ3v) is 6.15. The van der Waals surface area contributed by atoms with Gasteiger partial charge in [0.1, 0.15) is 4.90 Å². The Balaban J connectivity index is 0.00000176. The van der Waals surface area contributed by atoms with Gasteiger partial charge in [-0.2, -0.15) is 0 Å². The molecule has 0 aromatic heterocycles. The standard InChI is InChI=1S/C20H16Cl3N3O3S.H3NO/c1-12-6-7-18(24-25-20(27)13-9-14(21)11-15(22)10-13)19(8-12)30(28,29)26-17-5-3-2-4-16(17)23;1-2/h2-11,24,26H,1H3,(H,25,27);2H,1H2. The lowest BCUT2D eigenvalue weighted by molar-refractivity contribution is 0.0962. The fourth-order valence-corrected chi connectivity index (χ4v) is 4.67. The Morgan fingerprint density at radius 3 is 2.16 bits per heavy atom. The number of sulfonamides is 1. The van der Waals surface area contributed by atoms with Crippen LogP contribution in [-0.4, -0.2) is 19.5 Å². The monoisotopic (exact) mass is 516 g/mol. The average molecular weight is 518 g/mol. The number of nitrogens with two attached hydrogens (primary N) is 1. The highest BCUT2D eigenvalue weighted by atomic mass is 35.5. The van der Waals surface area contributed by atoms with E-state index in [1.807, 2.05) is 0 Å². The summed E-state index contributed by atoms with van der Waals surface area (Å²) >= 11 is 17.9. The van der Waals surface area contributed by atoms with Gasteiger partial charge in [-0.1, -0.05) is 53.0 Å². The van der Waals surface area contributed by atoms with Gasteiger partial charge in [-0.05, 0) is 55.0 Å². The molecule has 0 saturated carbocycles. The fraction of sp³-hybridized carbons (Fsp3) is 0.0500. The number of nitrogens with one attached hydrogen (secondary N) is 3. The van der Waals surface area contributed by atoms with Crippen molar-refractivity contribution in [1.29, 1.82) is 0 Å². The van der Waals surface area contributed by atoms with Crippen LogP contribution in [0.25, 0.3) is 0 Å². The topological polar surface area (TPSA) is 134 Å². The molecule has 0 saturated heterocycles. The Bertz CT molecular complexity index is 1200. The van der Waals surface area contributed by atoms with Crippen molar-refractivity contribution < 1.29 is 18.4 Å². The van der Waals surface area contributed by atoms with Crippen LogP contribution in [0.2, 0.25) is 15.1 Å². The van der Waals surface area contributed by atoms with Crippen LogP contribution in [0.4, 0.5) is 11.4 Å². The van der Waals surface area contributed by atoms with Gasteiger partial charge >= 0.3 is 0 Å². The first-order valence-corrected chi connectivity index (χ1v) is 11.4. The summed E-state index contributed by atoms with van der Waals surface area (Å²) < 4.78 is 28.4. The second kappa shape index (κ2) is 11.4. The average Bonchev–Trinajstić information content (AvgIpc) is 2.75. The van der Waals surface area contributed by atoms with Gasteiger partial charge in [0.25, 0.3) is 15.9 Å². The summed E-state index contributed by atoms with van der Waals surface area (Å²) in [7, 11) is -4.01. The van der Waals surface area contributed by atoms with E-state index in [9.17, 15) is 13.2 Å². The van der Waals surface area contributed by atoms with Crippen molar-refractivity contribution in [2.75, 3.05) is 10.1 Å². The second-order valence-corrected chi connectivity index (χ2v) is 9.25. The number of hydrogen-bond acceptors (Lipinski definition) is 6. The molecule has 0 radical (unpaired) electrons. The minimum absolute atomic E-state index is 0.0631. The maximum atomic E-state index is 13.0. The number of para-hydroxylation sites is 1. The fourth-order valence-electron chi connectivity index (χ4n) is 2.58. The number of rotatable bonds is 6. The van der Waals surface area contributed by atoms with E-state index < -0.39 is 15.9 Å². The molecule has 0 atom stereocenters. The van der Waals surface area contributed by atoms with Crippen LogP contribution >= 0.6 is 34.8 Å². The quantitative estimate of drug-likeness (QED) is 0.297. The maximum absolute atomic E-state index is 13.0. The number of hydrazine groups is 1. The third kappa shape index (κ3) is 6.73. The number of hydrogen-bond donors (Lipinski definition) is 5. The molecule has 8 nitrogen and oxygen atoms in total. The Morgan fingerprint density at radius 1 is 0.906 bits per heavy atom. The van der Waals surface area contributed by atoms with E-state index in [4.69, 9.17) is 40.0 Å². The molecule has 0 spiro atoms. The number of amides is 1. The number of halogens is 3. The Hall–Kier alpha value is -2.53. The van der Waals surface area contributed by atoms with E-state index in [1.54, 1.807) is 43.3 Å². The van der Waals surface area contributed by atoms with Crippen molar-refractivity contribution >= 4 is 62.1 Å². The second-order valence-electron chi connectivity index (χ2n) is 6.32. The molecule has 12 heteroatoms. The highest BCUT2D eigenvalue weighted by Crippen LogP contribution is 2.28. The summed E-state index contributed by atoms with van der Waals surface area (Å²) in [5, 5.41) is 7.36. The lowest BCUT2D eigenvalue weighted by atomic mass is 10.2. The molecule has 3 aromatic rings. The van der Waals surface area contributed by atoms with Crippen molar-refractivity contribution in [3.63, 3.8) is 0 Å². The molecule has 1 amide bonds. The number of anilines is 2. The summed E-state index contributed by atoms with van der Waals surface area (Å²) in [5.41, 5.74) is 6.44. The molecule has 0 heterocycles. The van der Waals surface area contributed by atoms with Gasteiger partial charge in [-0.25, -0.2) is 14.3 Å². The molecular weight excluding hydrogens is 499 g/mol. The zero-order valence-corrected chi connectivity index (χ0v) is 19.6. The van der Waals surface area contributed by atoms with Gasteiger partial charge in [-0.15, -0.1) is 0 Å². The summed E-state index contributed by atoms with van der Waals surface area (Å²) in [5.74, 6) is 2.96.